The molecule has 3 aromatic rings. The number of hydrogen-bond donors (Lipinski definition) is 3. The third-order valence-corrected chi connectivity index (χ3v) is 7.56. The Balaban J connectivity index is 1.15. The summed E-state index contributed by atoms with van der Waals surface area (Å²) in [5.41, 5.74) is 3.05. The monoisotopic (exact) mass is 533 g/mol. The number of ether oxygens (including phenoxy) is 1. The van der Waals surface area contributed by atoms with Gasteiger partial charge in [0.25, 0.3) is 5.91 Å². The van der Waals surface area contributed by atoms with Crippen LogP contribution in [0, 0.1) is 0 Å². The second-order valence-corrected chi connectivity index (χ2v) is 10.4. The van der Waals surface area contributed by atoms with Crippen molar-refractivity contribution in [1.29, 1.82) is 0 Å². The van der Waals surface area contributed by atoms with Crippen LogP contribution < -0.4 is 16.0 Å². The molecule has 3 heterocycles. The van der Waals surface area contributed by atoms with Crippen molar-refractivity contribution in [2.75, 3.05) is 25.0 Å². The molecule has 2 saturated heterocycles. The molecule has 2 aromatic carbocycles. The highest BCUT2D eigenvalue weighted by Gasteiger charge is 2.35. The van der Waals surface area contributed by atoms with E-state index >= 15 is 0 Å². The molecule has 38 heavy (non-hydrogen) atoms. The van der Waals surface area contributed by atoms with E-state index in [1.165, 1.54) is 16.2 Å². The third kappa shape index (κ3) is 6.38. The first-order chi connectivity index (χ1) is 18.6. The Labute approximate surface area is 225 Å². The zero-order valence-corrected chi connectivity index (χ0v) is 21.8. The van der Waals surface area contributed by atoms with E-state index in [0.29, 0.717) is 29.4 Å². The van der Waals surface area contributed by atoms with Gasteiger partial charge in [0.1, 0.15) is 12.6 Å². The van der Waals surface area contributed by atoms with Gasteiger partial charge in [-0.2, -0.15) is 0 Å². The lowest BCUT2D eigenvalue weighted by Crippen LogP contribution is -2.45. The van der Waals surface area contributed by atoms with E-state index < -0.39 is 12.1 Å². The van der Waals surface area contributed by atoms with Gasteiger partial charge in [0.05, 0.1) is 5.69 Å². The highest BCUT2D eigenvalue weighted by molar-refractivity contribution is 7.14. The number of piperidine rings is 1. The summed E-state index contributed by atoms with van der Waals surface area (Å²) in [6.07, 6.45) is 2.86. The molecule has 3 N–H and O–H groups in total. The van der Waals surface area contributed by atoms with Crippen molar-refractivity contribution in [3.8, 4) is 11.3 Å². The van der Waals surface area contributed by atoms with Gasteiger partial charge in [-0.1, -0.05) is 42.5 Å². The van der Waals surface area contributed by atoms with Crippen molar-refractivity contribution >= 4 is 34.4 Å². The number of nitrogens with one attached hydrogen (secondary N) is 3. The molecule has 1 aromatic heterocycles. The second-order valence-electron chi connectivity index (χ2n) is 9.51. The molecule has 198 valence electrons. The van der Waals surface area contributed by atoms with Crippen molar-refractivity contribution in [2.45, 2.75) is 44.4 Å². The first-order valence-electron chi connectivity index (χ1n) is 12.9. The molecule has 2 fully saturated rings. The van der Waals surface area contributed by atoms with Gasteiger partial charge in [0.2, 0.25) is 5.91 Å². The van der Waals surface area contributed by atoms with E-state index in [-0.39, 0.29) is 24.5 Å². The fourth-order valence-corrected chi connectivity index (χ4v) is 5.47. The summed E-state index contributed by atoms with van der Waals surface area (Å²) >= 11 is 1.32. The van der Waals surface area contributed by atoms with Gasteiger partial charge < -0.3 is 20.7 Å². The van der Waals surface area contributed by atoms with Gasteiger partial charge >= 0.3 is 6.09 Å². The molecule has 0 spiro atoms. The number of thiazole rings is 1. The average molecular weight is 534 g/mol. The number of anilines is 1. The van der Waals surface area contributed by atoms with E-state index in [9.17, 15) is 14.4 Å². The Hall–Kier alpha value is -3.76. The first-order valence-corrected chi connectivity index (χ1v) is 13.8. The maximum absolute atomic E-state index is 13.0. The smallest absolute Gasteiger partial charge is 0.410 e. The second kappa shape index (κ2) is 12.2. The Morgan fingerprint density at radius 1 is 1.05 bits per heavy atom. The average Bonchev–Trinajstić information content (AvgIpc) is 3.63. The van der Waals surface area contributed by atoms with Crippen LogP contribution in [0.3, 0.4) is 0 Å². The van der Waals surface area contributed by atoms with Crippen LogP contribution in [0.4, 0.5) is 9.93 Å². The number of amides is 3. The zero-order valence-electron chi connectivity index (χ0n) is 21.0. The molecule has 0 saturated carbocycles. The molecular formula is C28H31N5O4S. The molecule has 3 amide bonds. The molecule has 2 unspecified atom stereocenters. The highest BCUT2D eigenvalue weighted by Crippen LogP contribution is 2.27. The number of rotatable bonds is 7. The summed E-state index contributed by atoms with van der Waals surface area (Å²) in [5, 5.41) is 11.5. The SMILES string of the molecule is O=C(NC1CCCNC1)c1ccc(-c2csc(NC(=O)C3CCCN3C(=O)OCc3ccccc3)n2)cc1. The summed E-state index contributed by atoms with van der Waals surface area (Å²) in [7, 11) is 0. The molecule has 5 rings (SSSR count). The standard InChI is InChI=1S/C28H31N5O4S/c34-25(30-22-8-4-14-29-16-22)21-12-10-20(11-13-21)23-18-38-27(31-23)32-26(35)24-9-5-15-33(24)28(36)37-17-19-6-2-1-3-7-19/h1-3,6-7,10-13,18,22,24,29H,4-5,8-9,14-17H2,(H,30,34)(H,31,32,35). The summed E-state index contributed by atoms with van der Waals surface area (Å²) < 4.78 is 5.44. The van der Waals surface area contributed by atoms with Crippen LogP contribution in [0.5, 0.6) is 0 Å². The van der Waals surface area contributed by atoms with Crippen molar-refractivity contribution in [2.24, 2.45) is 0 Å². The van der Waals surface area contributed by atoms with Crippen LogP contribution in [0.2, 0.25) is 0 Å². The van der Waals surface area contributed by atoms with Gasteiger partial charge in [-0.3, -0.25) is 14.5 Å². The summed E-state index contributed by atoms with van der Waals surface area (Å²) in [6, 6.07) is 16.3. The Kier molecular flexibility index (Phi) is 8.30. The maximum Gasteiger partial charge on any atom is 0.410 e. The lowest BCUT2D eigenvalue weighted by atomic mass is 10.1. The zero-order chi connectivity index (χ0) is 26.3. The maximum atomic E-state index is 13.0. The topological polar surface area (TPSA) is 113 Å². The normalized spacial score (nSPS) is 19.1. The van der Waals surface area contributed by atoms with Crippen LogP contribution in [0.1, 0.15) is 41.6 Å². The Morgan fingerprint density at radius 3 is 2.63 bits per heavy atom. The minimum Gasteiger partial charge on any atom is -0.445 e. The highest BCUT2D eigenvalue weighted by atomic mass is 32.1. The Morgan fingerprint density at radius 2 is 1.87 bits per heavy atom. The van der Waals surface area contributed by atoms with Gasteiger partial charge in [0, 0.05) is 35.6 Å². The van der Waals surface area contributed by atoms with E-state index in [2.05, 4.69) is 20.9 Å². The van der Waals surface area contributed by atoms with Gasteiger partial charge in [-0.25, -0.2) is 9.78 Å². The largest absolute Gasteiger partial charge is 0.445 e. The summed E-state index contributed by atoms with van der Waals surface area (Å²) in [4.78, 5) is 44.2. The van der Waals surface area contributed by atoms with E-state index in [4.69, 9.17) is 4.74 Å². The fraction of sp³-hybridized carbons (Fsp3) is 0.357. The molecule has 0 aliphatic carbocycles. The number of likely N-dealkylation sites (tertiary alicyclic amines) is 1. The lowest BCUT2D eigenvalue weighted by molar-refractivity contribution is -0.120. The number of carbonyl (C=O) groups excluding carboxylic acids is 3. The Bertz CT molecular complexity index is 1260. The summed E-state index contributed by atoms with van der Waals surface area (Å²) in [6.45, 7) is 2.44. The van der Waals surface area contributed by atoms with Gasteiger partial charge in [0.15, 0.2) is 5.13 Å². The molecule has 0 bridgehead atoms. The lowest BCUT2D eigenvalue weighted by Gasteiger charge is -2.23. The van der Waals surface area contributed by atoms with Crippen LogP contribution in [0.25, 0.3) is 11.3 Å². The molecule has 9 nitrogen and oxygen atoms in total. The molecule has 10 heteroatoms. The predicted molar refractivity (Wildman–Crippen MR) is 146 cm³/mol. The molecule has 0 radical (unpaired) electrons. The quantitative estimate of drug-likeness (QED) is 0.423. The molecule has 2 aliphatic heterocycles. The minimum atomic E-state index is -0.595. The molecule has 2 aliphatic rings. The van der Waals surface area contributed by atoms with Crippen molar-refractivity contribution in [1.82, 2.24) is 20.5 Å². The van der Waals surface area contributed by atoms with Crippen molar-refractivity contribution in [3.05, 3.63) is 71.1 Å². The minimum absolute atomic E-state index is 0.0834. The van der Waals surface area contributed by atoms with Crippen LogP contribution in [0.15, 0.2) is 60.0 Å². The number of benzene rings is 2. The van der Waals surface area contributed by atoms with Crippen molar-refractivity contribution < 1.29 is 19.1 Å². The third-order valence-electron chi connectivity index (χ3n) is 6.80. The van der Waals surface area contributed by atoms with Crippen LogP contribution >= 0.6 is 11.3 Å². The van der Waals surface area contributed by atoms with Gasteiger partial charge in [-0.05, 0) is 49.9 Å². The number of hydrogen-bond acceptors (Lipinski definition) is 7. The van der Waals surface area contributed by atoms with E-state index in [1.807, 2.05) is 47.8 Å². The number of aromatic nitrogens is 1. The molecule has 2 atom stereocenters. The van der Waals surface area contributed by atoms with E-state index in [1.54, 1.807) is 12.1 Å². The van der Waals surface area contributed by atoms with Crippen LogP contribution in [-0.4, -0.2) is 59.5 Å². The predicted octanol–water partition coefficient (Wildman–Crippen LogP) is 4.03. The van der Waals surface area contributed by atoms with Crippen LogP contribution in [-0.2, 0) is 16.1 Å². The van der Waals surface area contributed by atoms with Crippen molar-refractivity contribution in [3.63, 3.8) is 0 Å². The number of carbonyl (C=O) groups is 3. The van der Waals surface area contributed by atoms with Gasteiger partial charge in [-0.15, -0.1) is 11.3 Å². The summed E-state index contributed by atoms with van der Waals surface area (Å²) in [5.74, 6) is -0.357. The first kappa shape index (κ1) is 25.9. The fourth-order valence-electron chi connectivity index (χ4n) is 4.75. The molecular weight excluding hydrogens is 502 g/mol. The van der Waals surface area contributed by atoms with E-state index in [0.717, 1.165) is 43.5 Å². The number of nitrogens with zero attached hydrogens (tertiary/aromatic N) is 2.